The summed E-state index contributed by atoms with van der Waals surface area (Å²) in [7, 11) is -3.39. The Morgan fingerprint density at radius 1 is 1.30 bits per heavy atom. The van der Waals surface area contributed by atoms with Crippen LogP contribution >= 0.6 is 11.8 Å². The van der Waals surface area contributed by atoms with Crippen LogP contribution < -0.4 is 10.2 Å². The molecule has 2 aliphatic heterocycles. The highest BCUT2D eigenvalue weighted by atomic mass is 32.2. The molecule has 0 radical (unpaired) electrons. The molecule has 27 heavy (non-hydrogen) atoms. The number of benzene rings is 2. The number of aryl methyl sites for hydroxylation is 2. The molecule has 0 saturated heterocycles. The van der Waals surface area contributed by atoms with Gasteiger partial charge in [0.05, 0.1) is 11.4 Å². The van der Waals surface area contributed by atoms with Crippen molar-refractivity contribution in [2.45, 2.75) is 25.2 Å². The van der Waals surface area contributed by atoms with Crippen molar-refractivity contribution in [3.8, 4) is 0 Å². The fourth-order valence-corrected chi connectivity index (χ4v) is 5.56. The van der Waals surface area contributed by atoms with Crippen molar-refractivity contribution in [3.05, 3.63) is 53.1 Å². The van der Waals surface area contributed by atoms with Gasteiger partial charge >= 0.3 is 0 Å². The smallest absolute Gasteiger partial charge is 0.257 e. The number of para-hydroxylation sites is 1. The Hall–Kier alpha value is -2.32. The lowest BCUT2D eigenvalue weighted by atomic mass is 10.1. The molecule has 0 atom stereocenters. The van der Waals surface area contributed by atoms with E-state index < -0.39 is 10.0 Å². The van der Waals surface area contributed by atoms with Crippen molar-refractivity contribution < 1.29 is 13.2 Å². The maximum atomic E-state index is 12.8. The van der Waals surface area contributed by atoms with E-state index in [0.717, 1.165) is 33.8 Å². The molecule has 0 bridgehead atoms. The van der Waals surface area contributed by atoms with Gasteiger partial charge in [0, 0.05) is 22.7 Å². The van der Waals surface area contributed by atoms with Crippen molar-refractivity contribution in [3.63, 3.8) is 0 Å². The number of nitrogens with zero attached hydrogens (tertiary/aromatic N) is 2. The maximum absolute atomic E-state index is 12.8. The zero-order chi connectivity index (χ0) is 19.2. The van der Waals surface area contributed by atoms with Crippen molar-refractivity contribution >= 4 is 44.2 Å². The van der Waals surface area contributed by atoms with Gasteiger partial charge < -0.3 is 10.2 Å². The van der Waals surface area contributed by atoms with Crippen molar-refractivity contribution in [2.24, 2.45) is 4.40 Å². The van der Waals surface area contributed by atoms with Crippen molar-refractivity contribution in [2.75, 3.05) is 22.5 Å². The number of amides is 1. The first-order chi connectivity index (χ1) is 12.9. The van der Waals surface area contributed by atoms with E-state index in [-0.39, 0.29) is 11.7 Å². The number of thioether (sulfide) groups is 1. The number of anilines is 2. The summed E-state index contributed by atoms with van der Waals surface area (Å²) in [4.78, 5) is 15.5. The number of rotatable bonds is 3. The third kappa shape index (κ3) is 3.35. The van der Waals surface area contributed by atoms with Crippen LogP contribution in [0.3, 0.4) is 0 Å². The first-order valence-corrected chi connectivity index (χ1v) is 11.1. The molecule has 2 aromatic carbocycles. The van der Waals surface area contributed by atoms with Crippen LogP contribution in [0.5, 0.6) is 0 Å². The molecule has 0 fully saturated rings. The molecule has 1 N–H and O–H groups in total. The number of amidine groups is 1. The Kier molecular flexibility index (Phi) is 4.47. The Morgan fingerprint density at radius 3 is 2.89 bits per heavy atom. The van der Waals surface area contributed by atoms with E-state index in [1.54, 1.807) is 12.1 Å². The third-order valence-electron chi connectivity index (χ3n) is 4.71. The van der Waals surface area contributed by atoms with Gasteiger partial charge in [-0.3, -0.25) is 4.79 Å². The summed E-state index contributed by atoms with van der Waals surface area (Å²) in [6, 6.07) is 11.4. The lowest BCUT2D eigenvalue weighted by molar-refractivity contribution is 0.102. The molecule has 2 aliphatic rings. The minimum Gasteiger partial charge on any atom is -0.321 e. The highest BCUT2D eigenvalue weighted by Gasteiger charge is 2.33. The van der Waals surface area contributed by atoms with E-state index in [1.165, 1.54) is 11.8 Å². The molecule has 0 unspecified atom stereocenters. The zero-order valence-electron chi connectivity index (χ0n) is 15.0. The second-order valence-electron chi connectivity index (χ2n) is 6.51. The monoisotopic (exact) mass is 401 g/mol. The van der Waals surface area contributed by atoms with Crippen molar-refractivity contribution in [1.82, 2.24) is 0 Å². The second-order valence-corrected chi connectivity index (χ2v) is 9.28. The fraction of sp³-hybridized carbons (Fsp3) is 0.263. The van der Waals surface area contributed by atoms with Crippen molar-refractivity contribution in [1.29, 1.82) is 0 Å². The van der Waals surface area contributed by atoms with Crippen LogP contribution in [0.25, 0.3) is 0 Å². The highest BCUT2D eigenvalue weighted by molar-refractivity contribution is 8.15. The van der Waals surface area contributed by atoms with Gasteiger partial charge in [0.2, 0.25) is 0 Å². The molecular weight excluding hydrogens is 382 g/mol. The summed E-state index contributed by atoms with van der Waals surface area (Å²) in [5.41, 5.74) is 4.40. The van der Waals surface area contributed by atoms with Gasteiger partial charge in [-0.2, -0.15) is 0 Å². The molecule has 4 rings (SSSR count). The van der Waals surface area contributed by atoms with Gasteiger partial charge in [-0.25, -0.2) is 8.42 Å². The highest BCUT2D eigenvalue weighted by Crippen LogP contribution is 2.42. The largest absolute Gasteiger partial charge is 0.321 e. The van der Waals surface area contributed by atoms with E-state index in [9.17, 15) is 13.2 Å². The predicted octanol–water partition coefficient (Wildman–Crippen LogP) is 3.42. The fourth-order valence-electron chi connectivity index (χ4n) is 3.26. The lowest BCUT2D eigenvalue weighted by Gasteiger charge is -2.22. The van der Waals surface area contributed by atoms with Crippen LogP contribution in [0.2, 0.25) is 0 Å². The first kappa shape index (κ1) is 18.1. The second kappa shape index (κ2) is 6.69. The molecule has 140 valence electrons. The molecule has 0 spiro atoms. The van der Waals surface area contributed by atoms with E-state index >= 15 is 0 Å². The molecule has 2 aromatic rings. The summed E-state index contributed by atoms with van der Waals surface area (Å²) in [5.74, 6) is -0.173. The maximum Gasteiger partial charge on any atom is 0.257 e. The molecule has 2 heterocycles. The van der Waals surface area contributed by atoms with Gasteiger partial charge in [0.25, 0.3) is 15.9 Å². The molecule has 0 aromatic heterocycles. The number of fused-ring (bicyclic) bond motifs is 3. The van der Waals surface area contributed by atoms with Gasteiger partial charge in [0.15, 0.2) is 5.17 Å². The number of carbonyl (C=O) groups excluding carboxylic acids is 1. The number of nitrogens with one attached hydrogen (secondary N) is 1. The average Bonchev–Trinajstić information content (AvgIpc) is 2.98. The minimum atomic E-state index is -3.39. The van der Waals surface area contributed by atoms with E-state index in [0.29, 0.717) is 17.3 Å². The van der Waals surface area contributed by atoms with Crippen LogP contribution in [-0.4, -0.2) is 31.8 Å². The van der Waals surface area contributed by atoms with Crippen LogP contribution in [0.1, 0.15) is 28.4 Å². The van der Waals surface area contributed by atoms with E-state index in [1.807, 2.05) is 36.1 Å². The zero-order valence-corrected chi connectivity index (χ0v) is 16.7. The quantitative estimate of drug-likeness (QED) is 0.853. The van der Waals surface area contributed by atoms with Crippen LogP contribution in [-0.2, 0) is 16.4 Å². The van der Waals surface area contributed by atoms with Gasteiger partial charge in [0.1, 0.15) is 0 Å². The predicted molar refractivity (Wildman–Crippen MR) is 109 cm³/mol. The summed E-state index contributed by atoms with van der Waals surface area (Å²) < 4.78 is 27.3. The normalized spacial score (nSPS) is 17.1. The van der Waals surface area contributed by atoms with E-state index in [4.69, 9.17) is 0 Å². The average molecular weight is 402 g/mol. The minimum absolute atomic E-state index is 0.00577. The number of carbonyl (C=O) groups is 1. The summed E-state index contributed by atoms with van der Waals surface area (Å²) in [6.07, 6.45) is 0.834. The molecule has 0 saturated carbocycles. The molecule has 1 amide bonds. The number of hydrogen-bond donors (Lipinski definition) is 1. The molecule has 6 nitrogen and oxygen atoms in total. The Labute approximate surface area is 162 Å². The topological polar surface area (TPSA) is 78.8 Å². The Morgan fingerprint density at radius 2 is 2.11 bits per heavy atom. The van der Waals surface area contributed by atoms with E-state index in [2.05, 4.69) is 16.6 Å². The molecule has 8 heteroatoms. The standard InChI is InChI=1S/C19H19N3O3S2/c1-3-13-6-4-5-12(2)17(13)20-18(23)14-7-8-15-16(11-14)26-19-21-27(24,25)10-9-22(15)19/h4-8,11H,3,9-10H2,1-2H3,(H,20,23). The van der Waals surface area contributed by atoms with Crippen LogP contribution in [0.15, 0.2) is 45.7 Å². The van der Waals surface area contributed by atoms with Crippen LogP contribution in [0, 0.1) is 6.92 Å². The van der Waals surface area contributed by atoms with Gasteiger partial charge in [-0.1, -0.05) is 25.1 Å². The molecular formula is C19H19N3O3S2. The third-order valence-corrected chi connectivity index (χ3v) is 7.02. The SMILES string of the molecule is CCc1cccc(C)c1NC(=O)c1ccc2c(c1)SC1=NS(=O)(=O)CCN12. The lowest BCUT2D eigenvalue weighted by Crippen LogP contribution is -2.35. The summed E-state index contributed by atoms with van der Waals surface area (Å²) in [6.45, 7) is 4.42. The van der Waals surface area contributed by atoms with Gasteiger partial charge in [-0.15, -0.1) is 4.40 Å². The summed E-state index contributed by atoms with van der Waals surface area (Å²) >= 11 is 1.29. The number of sulfonamides is 1. The first-order valence-electron chi connectivity index (χ1n) is 8.70. The Balaban J connectivity index is 1.62. The Bertz CT molecular complexity index is 1080. The summed E-state index contributed by atoms with van der Waals surface area (Å²) in [5, 5.41) is 3.48. The van der Waals surface area contributed by atoms with Crippen LogP contribution in [0.4, 0.5) is 11.4 Å². The molecule has 0 aliphatic carbocycles. The van der Waals surface area contributed by atoms with Gasteiger partial charge in [-0.05, 0) is 54.4 Å². The number of hydrogen-bond acceptors (Lipinski definition) is 5.